The van der Waals surface area contributed by atoms with E-state index in [1.807, 2.05) is 0 Å². The third-order valence-corrected chi connectivity index (χ3v) is 5.06. The van der Waals surface area contributed by atoms with Crippen molar-refractivity contribution in [1.82, 2.24) is 0 Å². The molecule has 0 radical (unpaired) electrons. The van der Waals surface area contributed by atoms with Gasteiger partial charge in [0.1, 0.15) is 9.79 Å². The molecule has 2 aromatic carbocycles. The van der Waals surface area contributed by atoms with Crippen LogP contribution in [-0.4, -0.2) is 55.5 Å². The fourth-order valence-corrected chi connectivity index (χ4v) is 3.60. The Morgan fingerprint density at radius 3 is 1.92 bits per heavy atom. The van der Waals surface area contributed by atoms with Crippen molar-refractivity contribution in [2.45, 2.75) is 9.79 Å². The monoisotopic (exact) mass is 394 g/mol. The van der Waals surface area contributed by atoms with Gasteiger partial charge in [0.05, 0.1) is 11.4 Å². The molecule has 130 valence electrons. The second-order valence-electron chi connectivity index (χ2n) is 4.81. The Hall–Kier alpha value is -1.40. The van der Waals surface area contributed by atoms with Gasteiger partial charge in [-0.2, -0.15) is 16.8 Å². The van der Waals surface area contributed by atoms with Gasteiger partial charge in [-0.15, -0.1) is 0 Å². The van der Waals surface area contributed by atoms with Crippen LogP contribution in [0.15, 0.2) is 46.2 Å². The van der Waals surface area contributed by atoms with E-state index < -0.39 is 25.1 Å². The van der Waals surface area contributed by atoms with E-state index in [0.717, 1.165) is 0 Å². The van der Waals surface area contributed by atoms with E-state index in [2.05, 4.69) is 0 Å². The fourth-order valence-electron chi connectivity index (χ4n) is 2.08. The summed E-state index contributed by atoms with van der Waals surface area (Å²) in [6, 6.07) is 8.21. The van der Waals surface area contributed by atoms with Gasteiger partial charge in [0.2, 0.25) is 0 Å². The fraction of sp³-hybridized carbons (Fsp3) is 0. The average molecular weight is 394 g/mol. The van der Waals surface area contributed by atoms with Gasteiger partial charge in [0.15, 0.2) is 0 Å². The van der Waals surface area contributed by atoms with Gasteiger partial charge in [0, 0.05) is 0 Å². The number of hydrogen-bond donors (Lipinski definition) is 4. The standard InChI is InChI=1S/C14H14N2O6S2.Na.H/c15-11-8-7-10(14(13(11)16)24(20,21)22)6-5-9-3-1-2-4-12(9)23(17,18)19;;/h1-8H,15-16H2,(H,17,18,19)(H,20,21,22);;. The molecular formula is C14H15N2NaO6S2. The quantitative estimate of drug-likeness (QED) is 0.257. The molecule has 0 aliphatic carbocycles. The number of rotatable bonds is 4. The maximum absolute atomic E-state index is 11.5. The van der Waals surface area contributed by atoms with Gasteiger partial charge >= 0.3 is 29.6 Å². The summed E-state index contributed by atoms with van der Waals surface area (Å²) in [5.41, 5.74) is 10.9. The third kappa shape index (κ3) is 5.05. The molecule has 11 heteroatoms. The maximum atomic E-state index is 11.5. The third-order valence-electron chi connectivity index (χ3n) is 3.16. The Morgan fingerprint density at radius 1 is 0.800 bits per heavy atom. The molecule has 0 unspecified atom stereocenters. The zero-order chi connectivity index (χ0) is 18.1. The SMILES string of the molecule is Nc1ccc(C=Cc2ccccc2S(=O)(=O)O)c(S(=O)(=O)O)c1N.[NaH]. The molecule has 0 saturated carbocycles. The predicted octanol–water partition coefficient (Wildman–Crippen LogP) is 0.866. The summed E-state index contributed by atoms with van der Waals surface area (Å²) in [6.07, 6.45) is 2.51. The molecule has 0 aliphatic rings. The first-order valence-corrected chi connectivity index (χ1v) is 9.30. The van der Waals surface area contributed by atoms with Crippen molar-refractivity contribution in [3.63, 3.8) is 0 Å². The summed E-state index contributed by atoms with van der Waals surface area (Å²) in [7, 11) is -9.11. The van der Waals surface area contributed by atoms with Crippen LogP contribution in [0.4, 0.5) is 11.4 Å². The molecule has 2 aromatic rings. The van der Waals surface area contributed by atoms with Crippen LogP contribution in [0, 0.1) is 0 Å². The number of nitrogen functional groups attached to an aromatic ring is 2. The zero-order valence-corrected chi connectivity index (χ0v) is 13.8. The van der Waals surface area contributed by atoms with Crippen LogP contribution in [0.2, 0.25) is 0 Å². The van der Waals surface area contributed by atoms with Gasteiger partial charge in [-0.25, -0.2) is 0 Å². The Balaban J connectivity index is 0.00000312. The van der Waals surface area contributed by atoms with E-state index in [4.69, 9.17) is 11.5 Å². The predicted molar refractivity (Wildman–Crippen MR) is 97.4 cm³/mol. The molecule has 6 N–H and O–H groups in total. The second kappa shape index (κ2) is 7.87. The number of hydrogen-bond acceptors (Lipinski definition) is 6. The summed E-state index contributed by atoms with van der Waals surface area (Å²) < 4.78 is 64.2. The van der Waals surface area contributed by atoms with Crippen LogP contribution >= 0.6 is 0 Å². The van der Waals surface area contributed by atoms with Crippen LogP contribution in [0.5, 0.6) is 0 Å². The average Bonchev–Trinajstić information content (AvgIpc) is 2.46. The first-order valence-electron chi connectivity index (χ1n) is 6.42. The molecule has 0 heterocycles. The molecule has 0 spiro atoms. The van der Waals surface area contributed by atoms with E-state index in [-0.39, 0.29) is 57.0 Å². The van der Waals surface area contributed by atoms with E-state index in [1.54, 1.807) is 0 Å². The molecular weight excluding hydrogens is 379 g/mol. The molecule has 0 bridgehead atoms. The van der Waals surface area contributed by atoms with Crippen LogP contribution in [-0.2, 0) is 20.2 Å². The van der Waals surface area contributed by atoms with E-state index >= 15 is 0 Å². The van der Waals surface area contributed by atoms with Gasteiger partial charge in [-0.05, 0) is 23.3 Å². The van der Waals surface area contributed by atoms with Gasteiger partial charge in [-0.1, -0.05) is 36.4 Å². The summed E-state index contributed by atoms with van der Waals surface area (Å²) >= 11 is 0. The van der Waals surface area contributed by atoms with E-state index in [0.29, 0.717) is 0 Å². The second-order valence-corrected chi connectivity index (χ2v) is 7.56. The first kappa shape index (κ1) is 21.6. The normalized spacial score (nSPS) is 12.1. The van der Waals surface area contributed by atoms with Crippen molar-refractivity contribution >= 4 is 73.3 Å². The van der Waals surface area contributed by atoms with Crippen molar-refractivity contribution in [2.24, 2.45) is 0 Å². The van der Waals surface area contributed by atoms with Crippen molar-refractivity contribution in [3.8, 4) is 0 Å². The number of nitrogens with two attached hydrogens (primary N) is 2. The molecule has 0 amide bonds. The van der Waals surface area contributed by atoms with Crippen LogP contribution in [0.1, 0.15) is 11.1 Å². The van der Waals surface area contributed by atoms with E-state index in [9.17, 15) is 25.9 Å². The topological polar surface area (TPSA) is 161 Å². The Kier molecular flexibility index (Phi) is 6.81. The zero-order valence-electron chi connectivity index (χ0n) is 12.1. The molecule has 25 heavy (non-hydrogen) atoms. The first-order chi connectivity index (χ1) is 11.0. The van der Waals surface area contributed by atoms with Gasteiger partial charge < -0.3 is 11.5 Å². The molecule has 8 nitrogen and oxygen atoms in total. The minimum absolute atomic E-state index is 0. The number of anilines is 2. The molecule has 0 saturated heterocycles. The Bertz CT molecular complexity index is 1030. The van der Waals surface area contributed by atoms with Crippen molar-refractivity contribution in [1.29, 1.82) is 0 Å². The minimum atomic E-state index is -4.65. The molecule has 2 rings (SSSR count). The van der Waals surface area contributed by atoms with E-state index in [1.165, 1.54) is 48.6 Å². The molecule has 0 atom stereocenters. The molecule has 0 aliphatic heterocycles. The van der Waals surface area contributed by atoms with Crippen LogP contribution in [0.25, 0.3) is 12.2 Å². The van der Waals surface area contributed by atoms with Crippen molar-refractivity contribution in [3.05, 3.63) is 47.5 Å². The van der Waals surface area contributed by atoms with Crippen molar-refractivity contribution in [2.75, 3.05) is 11.5 Å². The molecule has 0 fully saturated rings. The Labute approximate surface area is 167 Å². The summed E-state index contributed by atoms with van der Waals surface area (Å²) in [5.74, 6) is 0. The van der Waals surface area contributed by atoms with Gasteiger partial charge in [0.25, 0.3) is 20.2 Å². The van der Waals surface area contributed by atoms with Gasteiger partial charge in [-0.3, -0.25) is 9.11 Å². The summed E-state index contributed by atoms with van der Waals surface area (Å²) in [5, 5.41) is 0. The van der Waals surface area contributed by atoms with Crippen LogP contribution < -0.4 is 11.5 Å². The Morgan fingerprint density at radius 2 is 1.36 bits per heavy atom. The summed E-state index contributed by atoms with van der Waals surface area (Å²) in [6.45, 7) is 0. The molecule has 0 aromatic heterocycles. The van der Waals surface area contributed by atoms with Crippen LogP contribution in [0.3, 0.4) is 0 Å². The summed E-state index contributed by atoms with van der Waals surface area (Å²) in [4.78, 5) is -0.929. The number of benzene rings is 2. The van der Waals surface area contributed by atoms with Crippen molar-refractivity contribution < 1.29 is 25.9 Å².